The normalized spacial score (nSPS) is 27.1. The Labute approximate surface area is 99.0 Å². The van der Waals surface area contributed by atoms with Gasteiger partial charge in [-0.25, -0.2) is 0 Å². The van der Waals surface area contributed by atoms with E-state index in [-0.39, 0.29) is 12.1 Å². The molecule has 3 heteroatoms. The lowest BCUT2D eigenvalue weighted by atomic mass is 10.0. The van der Waals surface area contributed by atoms with Crippen molar-refractivity contribution in [1.82, 2.24) is 4.90 Å². The van der Waals surface area contributed by atoms with E-state index in [0.717, 1.165) is 24.0 Å². The molecule has 0 spiro atoms. The van der Waals surface area contributed by atoms with Crippen molar-refractivity contribution in [2.45, 2.75) is 25.5 Å². The number of hydrogen-bond acceptors (Lipinski definition) is 2. The van der Waals surface area contributed by atoms with Gasteiger partial charge in [-0.2, -0.15) is 0 Å². The summed E-state index contributed by atoms with van der Waals surface area (Å²) in [6, 6.07) is 8.32. The second kappa shape index (κ2) is 4.64. The van der Waals surface area contributed by atoms with Gasteiger partial charge in [0.25, 0.3) is 0 Å². The van der Waals surface area contributed by atoms with Gasteiger partial charge in [0, 0.05) is 11.0 Å². The monoisotopic (exact) mass is 269 g/mol. The van der Waals surface area contributed by atoms with Crippen molar-refractivity contribution in [2.24, 2.45) is 0 Å². The Hall–Kier alpha value is -0.380. The number of nitrogens with zero attached hydrogens (tertiary/aromatic N) is 1. The molecule has 0 bridgehead atoms. The van der Waals surface area contributed by atoms with Gasteiger partial charge in [0.05, 0.1) is 12.1 Å². The van der Waals surface area contributed by atoms with Gasteiger partial charge in [0.2, 0.25) is 0 Å². The third-order valence-electron chi connectivity index (χ3n) is 3.10. The average Bonchev–Trinajstić information content (AvgIpc) is 2.60. The van der Waals surface area contributed by atoms with E-state index in [1.165, 1.54) is 5.56 Å². The van der Waals surface area contributed by atoms with Gasteiger partial charge in [-0.15, -0.1) is 0 Å². The van der Waals surface area contributed by atoms with Crippen LogP contribution < -0.4 is 0 Å². The van der Waals surface area contributed by atoms with E-state index in [1.54, 1.807) is 0 Å². The maximum absolute atomic E-state index is 10.0. The number of hydrogen-bond donors (Lipinski definition) is 1. The smallest absolute Gasteiger partial charge is 0.0749 e. The third-order valence-corrected chi connectivity index (χ3v) is 3.82. The van der Waals surface area contributed by atoms with E-state index in [4.69, 9.17) is 0 Å². The Balaban J connectivity index is 2.32. The summed E-state index contributed by atoms with van der Waals surface area (Å²) in [5, 5.41) is 10.0. The molecule has 1 aliphatic heterocycles. The highest BCUT2D eigenvalue weighted by Gasteiger charge is 2.33. The van der Waals surface area contributed by atoms with Crippen LogP contribution in [0.2, 0.25) is 0 Å². The van der Waals surface area contributed by atoms with Crippen molar-refractivity contribution in [2.75, 3.05) is 13.1 Å². The molecular formula is C12H16BrNO. The highest BCUT2D eigenvalue weighted by molar-refractivity contribution is 9.10. The molecule has 1 aromatic rings. The molecule has 0 aromatic heterocycles. The summed E-state index contributed by atoms with van der Waals surface area (Å²) < 4.78 is 1.09. The molecular weight excluding hydrogens is 254 g/mol. The van der Waals surface area contributed by atoms with Gasteiger partial charge in [0.15, 0.2) is 0 Å². The van der Waals surface area contributed by atoms with Crippen LogP contribution >= 0.6 is 15.9 Å². The first kappa shape index (κ1) is 11.1. The quantitative estimate of drug-likeness (QED) is 0.892. The largest absolute Gasteiger partial charge is 0.391 e. The summed E-state index contributed by atoms with van der Waals surface area (Å²) in [6.07, 6.45) is 0.642. The molecule has 2 nitrogen and oxygen atoms in total. The zero-order valence-corrected chi connectivity index (χ0v) is 10.4. The number of rotatable bonds is 2. The maximum Gasteiger partial charge on any atom is 0.0749 e. The molecule has 1 aromatic carbocycles. The fraction of sp³-hybridized carbons (Fsp3) is 0.500. The van der Waals surface area contributed by atoms with Crippen LogP contribution in [0, 0.1) is 0 Å². The molecule has 15 heavy (non-hydrogen) atoms. The zero-order valence-electron chi connectivity index (χ0n) is 8.86. The van der Waals surface area contributed by atoms with Gasteiger partial charge in [-0.1, -0.05) is 41.1 Å². The Bertz CT molecular complexity index is 342. The van der Waals surface area contributed by atoms with Crippen LogP contribution in [0.25, 0.3) is 0 Å². The molecule has 82 valence electrons. The molecule has 1 N–H and O–H groups in total. The molecule has 2 rings (SSSR count). The maximum atomic E-state index is 10.0. The first-order chi connectivity index (χ1) is 7.24. The van der Waals surface area contributed by atoms with Crippen LogP contribution in [0.3, 0.4) is 0 Å². The van der Waals surface area contributed by atoms with E-state index in [9.17, 15) is 5.11 Å². The molecule has 2 unspecified atom stereocenters. The van der Waals surface area contributed by atoms with E-state index in [0.29, 0.717) is 0 Å². The molecule has 0 aliphatic carbocycles. The molecule has 2 atom stereocenters. The zero-order chi connectivity index (χ0) is 10.8. The minimum atomic E-state index is -0.233. The Kier molecular flexibility index (Phi) is 3.44. The Morgan fingerprint density at radius 2 is 2.20 bits per heavy atom. The van der Waals surface area contributed by atoms with Crippen molar-refractivity contribution < 1.29 is 5.11 Å². The van der Waals surface area contributed by atoms with Crippen molar-refractivity contribution in [3.05, 3.63) is 34.3 Å². The summed E-state index contributed by atoms with van der Waals surface area (Å²) in [4.78, 5) is 2.32. The molecule has 0 saturated carbocycles. The molecule has 1 fully saturated rings. The summed E-state index contributed by atoms with van der Waals surface area (Å²) in [5.41, 5.74) is 1.20. The minimum Gasteiger partial charge on any atom is -0.391 e. The highest BCUT2D eigenvalue weighted by atomic mass is 79.9. The van der Waals surface area contributed by atoms with Gasteiger partial charge in [-0.05, 0) is 24.6 Å². The fourth-order valence-electron chi connectivity index (χ4n) is 2.31. The van der Waals surface area contributed by atoms with E-state index < -0.39 is 0 Å². The standard InChI is InChI=1S/C12H16BrNO/c1-2-14-8-7-11(15)12(14)9-5-3-4-6-10(9)13/h3-6,11-12,15H,2,7-8H2,1H3. The summed E-state index contributed by atoms with van der Waals surface area (Å²) in [6.45, 7) is 4.12. The predicted molar refractivity (Wildman–Crippen MR) is 64.8 cm³/mol. The van der Waals surface area contributed by atoms with E-state index in [1.807, 2.05) is 18.2 Å². The van der Waals surface area contributed by atoms with Crippen LogP contribution in [0.1, 0.15) is 24.9 Å². The minimum absolute atomic E-state index is 0.158. The van der Waals surface area contributed by atoms with Crippen molar-refractivity contribution in [3.8, 4) is 0 Å². The molecule has 0 radical (unpaired) electrons. The summed E-state index contributed by atoms with van der Waals surface area (Å²) in [5.74, 6) is 0. The second-order valence-corrected chi connectivity index (χ2v) is 4.81. The summed E-state index contributed by atoms with van der Waals surface area (Å²) in [7, 11) is 0. The Morgan fingerprint density at radius 3 is 2.87 bits per heavy atom. The van der Waals surface area contributed by atoms with Crippen LogP contribution in [0.4, 0.5) is 0 Å². The van der Waals surface area contributed by atoms with Crippen molar-refractivity contribution >= 4 is 15.9 Å². The number of aliphatic hydroxyl groups excluding tert-OH is 1. The SMILES string of the molecule is CCN1CCC(O)C1c1ccccc1Br. The molecule has 1 aliphatic rings. The first-order valence-electron chi connectivity index (χ1n) is 5.40. The number of aliphatic hydroxyl groups is 1. The van der Waals surface area contributed by atoms with Crippen LogP contribution in [-0.4, -0.2) is 29.2 Å². The van der Waals surface area contributed by atoms with Crippen LogP contribution in [0.5, 0.6) is 0 Å². The lowest BCUT2D eigenvalue weighted by Gasteiger charge is -2.26. The second-order valence-electron chi connectivity index (χ2n) is 3.95. The van der Waals surface area contributed by atoms with Gasteiger partial charge < -0.3 is 5.11 Å². The highest BCUT2D eigenvalue weighted by Crippen LogP contribution is 2.35. The van der Waals surface area contributed by atoms with Gasteiger partial charge in [-0.3, -0.25) is 4.90 Å². The Morgan fingerprint density at radius 1 is 1.47 bits per heavy atom. The van der Waals surface area contributed by atoms with Crippen molar-refractivity contribution in [1.29, 1.82) is 0 Å². The first-order valence-corrected chi connectivity index (χ1v) is 6.20. The lowest BCUT2D eigenvalue weighted by Crippen LogP contribution is -2.27. The number of likely N-dealkylation sites (tertiary alicyclic amines) is 1. The molecule has 1 heterocycles. The predicted octanol–water partition coefficient (Wildman–Crippen LogP) is 2.58. The van der Waals surface area contributed by atoms with Crippen LogP contribution in [-0.2, 0) is 0 Å². The topological polar surface area (TPSA) is 23.5 Å². The average molecular weight is 270 g/mol. The third kappa shape index (κ3) is 2.10. The lowest BCUT2D eigenvalue weighted by molar-refractivity contribution is 0.118. The van der Waals surface area contributed by atoms with Gasteiger partial charge in [0.1, 0.15) is 0 Å². The van der Waals surface area contributed by atoms with Crippen molar-refractivity contribution in [3.63, 3.8) is 0 Å². The van der Waals surface area contributed by atoms with Crippen LogP contribution in [0.15, 0.2) is 28.7 Å². The molecule has 1 saturated heterocycles. The number of halogens is 1. The van der Waals surface area contributed by atoms with E-state index >= 15 is 0 Å². The van der Waals surface area contributed by atoms with E-state index in [2.05, 4.69) is 33.8 Å². The fourth-order valence-corrected chi connectivity index (χ4v) is 2.83. The number of benzene rings is 1. The van der Waals surface area contributed by atoms with Gasteiger partial charge >= 0.3 is 0 Å². The molecule has 0 amide bonds. The number of likely N-dealkylation sites (N-methyl/N-ethyl adjacent to an activating group) is 1. The summed E-state index contributed by atoms with van der Waals surface area (Å²) >= 11 is 3.55.